The van der Waals surface area contributed by atoms with Crippen molar-refractivity contribution < 1.29 is 30.0 Å². The average Bonchev–Trinajstić information content (AvgIpc) is 2.61. The van der Waals surface area contributed by atoms with Gasteiger partial charge in [-0.3, -0.25) is 4.79 Å². The minimum absolute atomic E-state index is 0.0172. The topological polar surface area (TPSA) is 107 Å². The number of allylic oxidation sites excluding steroid dienone is 1. The molecule has 0 saturated carbocycles. The SMILES string of the molecule is CC(=CCc1c(O)ccc2c1OC[C@H](c1ccc(O)cc1O)C2=O)CO. The fourth-order valence-corrected chi connectivity index (χ4v) is 3.00. The molecular formula is C20H20O6. The highest BCUT2D eigenvalue weighted by Crippen LogP contribution is 2.41. The minimum atomic E-state index is -0.699. The van der Waals surface area contributed by atoms with Crippen LogP contribution in [0.3, 0.4) is 0 Å². The van der Waals surface area contributed by atoms with E-state index in [2.05, 4.69) is 0 Å². The molecule has 2 aromatic rings. The van der Waals surface area contributed by atoms with E-state index in [1.165, 1.54) is 30.3 Å². The Balaban J connectivity index is 1.98. The Hall–Kier alpha value is -2.99. The van der Waals surface area contributed by atoms with Crippen LogP contribution in [0.1, 0.15) is 34.3 Å². The van der Waals surface area contributed by atoms with Crippen molar-refractivity contribution in [1.82, 2.24) is 0 Å². The summed E-state index contributed by atoms with van der Waals surface area (Å²) in [6, 6.07) is 7.03. The number of Topliss-reactive ketones (excluding diaryl/α,β-unsaturated/α-hetero) is 1. The first-order valence-corrected chi connectivity index (χ1v) is 8.22. The van der Waals surface area contributed by atoms with Crippen molar-refractivity contribution in [2.75, 3.05) is 13.2 Å². The van der Waals surface area contributed by atoms with E-state index in [-0.39, 0.29) is 36.2 Å². The van der Waals surface area contributed by atoms with Crippen LogP contribution in [-0.2, 0) is 6.42 Å². The zero-order valence-corrected chi connectivity index (χ0v) is 14.3. The highest BCUT2D eigenvalue weighted by atomic mass is 16.5. The number of aliphatic hydroxyl groups excluding tert-OH is 1. The van der Waals surface area contributed by atoms with Crippen LogP contribution in [-0.4, -0.2) is 39.4 Å². The van der Waals surface area contributed by atoms with Gasteiger partial charge in [-0.1, -0.05) is 17.7 Å². The maximum atomic E-state index is 12.9. The van der Waals surface area contributed by atoms with Crippen LogP contribution in [0.2, 0.25) is 0 Å². The third-order valence-corrected chi connectivity index (χ3v) is 4.51. The third-order valence-electron chi connectivity index (χ3n) is 4.51. The van der Waals surface area contributed by atoms with Crippen molar-refractivity contribution in [3.05, 3.63) is 58.7 Å². The van der Waals surface area contributed by atoms with Gasteiger partial charge in [0.15, 0.2) is 5.78 Å². The number of phenolic OH excluding ortho intramolecular Hbond substituents is 3. The molecule has 0 aliphatic carbocycles. The van der Waals surface area contributed by atoms with Crippen LogP contribution in [0.5, 0.6) is 23.0 Å². The number of rotatable bonds is 4. The average molecular weight is 356 g/mol. The van der Waals surface area contributed by atoms with E-state index in [1.54, 1.807) is 13.0 Å². The molecule has 0 spiro atoms. The van der Waals surface area contributed by atoms with Gasteiger partial charge in [0.25, 0.3) is 0 Å². The van der Waals surface area contributed by atoms with Crippen molar-refractivity contribution >= 4 is 5.78 Å². The molecule has 0 radical (unpaired) electrons. The van der Waals surface area contributed by atoms with Crippen molar-refractivity contribution in [3.8, 4) is 23.0 Å². The Labute approximate surface area is 150 Å². The van der Waals surface area contributed by atoms with Crippen LogP contribution < -0.4 is 4.74 Å². The summed E-state index contributed by atoms with van der Waals surface area (Å²) in [6.07, 6.45) is 2.09. The number of ether oxygens (including phenoxy) is 1. The van der Waals surface area contributed by atoms with Gasteiger partial charge in [0.1, 0.15) is 29.6 Å². The van der Waals surface area contributed by atoms with E-state index in [9.17, 15) is 20.1 Å². The summed E-state index contributed by atoms with van der Waals surface area (Å²) in [7, 11) is 0. The van der Waals surface area contributed by atoms with E-state index in [0.717, 1.165) is 5.57 Å². The zero-order valence-electron chi connectivity index (χ0n) is 14.3. The van der Waals surface area contributed by atoms with Crippen LogP contribution >= 0.6 is 0 Å². The Bertz CT molecular complexity index is 884. The van der Waals surface area contributed by atoms with Gasteiger partial charge in [-0.15, -0.1) is 0 Å². The summed E-state index contributed by atoms with van der Waals surface area (Å²) >= 11 is 0. The molecular weight excluding hydrogens is 336 g/mol. The molecule has 0 bridgehead atoms. The predicted molar refractivity (Wildman–Crippen MR) is 95.0 cm³/mol. The second-order valence-electron chi connectivity index (χ2n) is 6.32. The summed E-state index contributed by atoms with van der Waals surface area (Å²) in [6.45, 7) is 1.70. The van der Waals surface area contributed by atoms with E-state index in [4.69, 9.17) is 9.84 Å². The molecule has 1 aliphatic rings. The third kappa shape index (κ3) is 3.23. The highest BCUT2D eigenvalue weighted by molar-refractivity contribution is 6.05. The first-order valence-electron chi connectivity index (χ1n) is 8.22. The van der Waals surface area contributed by atoms with E-state index in [1.807, 2.05) is 0 Å². The number of ketones is 1. The number of aliphatic hydroxyl groups is 1. The molecule has 0 saturated heterocycles. The molecule has 1 heterocycles. The standard InChI is InChI=1S/C20H20O6/c1-11(9-21)2-4-14-17(23)7-6-15-19(25)16(10-26-20(14)15)13-5-3-12(22)8-18(13)24/h2-3,5-8,16,21-24H,4,9-10H2,1H3/t16-/m1/s1. The summed E-state index contributed by atoms with van der Waals surface area (Å²) in [5.41, 5.74) is 1.94. The zero-order chi connectivity index (χ0) is 18.8. The number of carbonyl (C=O) groups is 1. The van der Waals surface area contributed by atoms with Crippen molar-refractivity contribution in [2.45, 2.75) is 19.3 Å². The van der Waals surface area contributed by atoms with Crippen molar-refractivity contribution in [2.24, 2.45) is 0 Å². The highest BCUT2D eigenvalue weighted by Gasteiger charge is 2.33. The molecule has 1 atom stereocenters. The number of benzene rings is 2. The fraction of sp³-hybridized carbons (Fsp3) is 0.250. The van der Waals surface area contributed by atoms with Crippen molar-refractivity contribution in [1.29, 1.82) is 0 Å². The molecule has 3 rings (SSSR count). The lowest BCUT2D eigenvalue weighted by Crippen LogP contribution is -2.26. The second-order valence-corrected chi connectivity index (χ2v) is 6.32. The molecule has 0 aromatic heterocycles. The van der Waals surface area contributed by atoms with Crippen molar-refractivity contribution in [3.63, 3.8) is 0 Å². The van der Waals surface area contributed by atoms with E-state index in [0.29, 0.717) is 28.9 Å². The van der Waals surface area contributed by atoms with Gasteiger partial charge in [-0.05, 0) is 31.5 Å². The number of carbonyl (C=O) groups excluding carboxylic acids is 1. The smallest absolute Gasteiger partial charge is 0.177 e. The number of phenols is 3. The first-order chi connectivity index (χ1) is 12.4. The molecule has 2 aromatic carbocycles. The van der Waals surface area contributed by atoms with Gasteiger partial charge >= 0.3 is 0 Å². The molecule has 6 nitrogen and oxygen atoms in total. The summed E-state index contributed by atoms with van der Waals surface area (Å²) in [4.78, 5) is 12.9. The van der Waals surface area contributed by atoms with Crippen LogP contribution in [0, 0.1) is 0 Å². The predicted octanol–water partition coefficient (Wildman–Crippen LogP) is 2.64. The molecule has 0 fully saturated rings. The number of hydrogen-bond acceptors (Lipinski definition) is 6. The molecule has 0 amide bonds. The minimum Gasteiger partial charge on any atom is -0.508 e. The van der Waals surface area contributed by atoms with Gasteiger partial charge in [0.2, 0.25) is 0 Å². The molecule has 6 heteroatoms. The summed E-state index contributed by atoms with van der Waals surface area (Å²) in [5, 5.41) is 38.7. The lowest BCUT2D eigenvalue weighted by atomic mass is 9.87. The maximum Gasteiger partial charge on any atom is 0.177 e. The molecule has 4 N–H and O–H groups in total. The maximum absolute atomic E-state index is 12.9. The second kappa shape index (κ2) is 7.09. The first kappa shape index (κ1) is 17.8. The van der Waals surface area contributed by atoms with Gasteiger partial charge in [0, 0.05) is 17.2 Å². The Kier molecular flexibility index (Phi) is 4.86. The van der Waals surface area contributed by atoms with E-state index < -0.39 is 5.92 Å². The normalized spacial score (nSPS) is 16.9. The monoisotopic (exact) mass is 356 g/mol. The van der Waals surface area contributed by atoms with Crippen LogP contribution in [0.15, 0.2) is 42.0 Å². The van der Waals surface area contributed by atoms with Crippen LogP contribution in [0.25, 0.3) is 0 Å². The largest absolute Gasteiger partial charge is 0.508 e. The van der Waals surface area contributed by atoms with E-state index >= 15 is 0 Å². The Morgan fingerprint density at radius 3 is 2.65 bits per heavy atom. The van der Waals surface area contributed by atoms with Gasteiger partial charge in [-0.2, -0.15) is 0 Å². The van der Waals surface area contributed by atoms with Gasteiger partial charge in [-0.25, -0.2) is 0 Å². The molecule has 26 heavy (non-hydrogen) atoms. The molecule has 1 aliphatic heterocycles. The molecule has 0 unspecified atom stereocenters. The van der Waals surface area contributed by atoms with Gasteiger partial charge in [0.05, 0.1) is 18.1 Å². The molecule has 136 valence electrons. The number of hydrogen-bond donors (Lipinski definition) is 4. The Morgan fingerprint density at radius 2 is 1.96 bits per heavy atom. The van der Waals surface area contributed by atoms with Gasteiger partial charge < -0.3 is 25.2 Å². The lowest BCUT2D eigenvalue weighted by molar-refractivity contribution is 0.0892. The Morgan fingerprint density at radius 1 is 1.19 bits per heavy atom. The quantitative estimate of drug-likeness (QED) is 0.628. The summed E-state index contributed by atoms with van der Waals surface area (Å²) in [5.74, 6) is -0.840. The number of aromatic hydroxyl groups is 3. The summed E-state index contributed by atoms with van der Waals surface area (Å²) < 4.78 is 5.78. The lowest BCUT2D eigenvalue weighted by Gasteiger charge is -2.27. The fourth-order valence-electron chi connectivity index (χ4n) is 3.00. The number of fused-ring (bicyclic) bond motifs is 1. The van der Waals surface area contributed by atoms with Crippen LogP contribution in [0.4, 0.5) is 0 Å².